The van der Waals surface area contributed by atoms with E-state index in [1.165, 1.54) is 53.6 Å². The molecule has 0 bridgehead atoms. The van der Waals surface area contributed by atoms with Gasteiger partial charge in [-0.05, 0) is 60.6 Å². The van der Waals surface area contributed by atoms with Gasteiger partial charge in [0.05, 0.1) is 6.04 Å². The van der Waals surface area contributed by atoms with Crippen molar-refractivity contribution >= 4 is 11.8 Å². The Balaban J connectivity index is 1.44. The van der Waals surface area contributed by atoms with E-state index >= 15 is 0 Å². The van der Waals surface area contributed by atoms with E-state index in [1.807, 2.05) is 0 Å². The van der Waals surface area contributed by atoms with Crippen LogP contribution in [0.4, 0.5) is 0 Å². The molecule has 1 aliphatic carbocycles. The normalized spacial score (nSPS) is 23.5. The number of rotatable bonds is 1. The molecule has 1 unspecified atom stereocenters. The van der Waals surface area contributed by atoms with Crippen molar-refractivity contribution in [3.05, 3.63) is 46.5 Å². The van der Waals surface area contributed by atoms with Crippen molar-refractivity contribution in [3.8, 4) is 23.0 Å². The zero-order valence-electron chi connectivity index (χ0n) is 16.3. The summed E-state index contributed by atoms with van der Waals surface area (Å²) < 4.78 is 23.0. The number of fused-ring (bicyclic) bond motifs is 7. The van der Waals surface area contributed by atoms with Crippen molar-refractivity contribution in [2.75, 3.05) is 20.1 Å². The third kappa shape index (κ3) is 2.21. The summed E-state index contributed by atoms with van der Waals surface area (Å²) in [6.07, 6.45) is 8.58. The molecular formula is C24H23NO4. The summed E-state index contributed by atoms with van der Waals surface area (Å²) in [5.41, 5.74) is 6.55. The average molecular weight is 389 g/mol. The first kappa shape index (κ1) is 16.0. The van der Waals surface area contributed by atoms with Crippen LogP contribution in [0.25, 0.3) is 11.8 Å². The lowest BCUT2D eigenvalue weighted by molar-refractivity contribution is 0.166. The van der Waals surface area contributed by atoms with E-state index in [4.69, 9.17) is 18.9 Å². The maximum Gasteiger partial charge on any atom is 0.231 e. The Labute approximate surface area is 169 Å². The molecule has 0 radical (unpaired) electrons. The monoisotopic (exact) mass is 389 g/mol. The molecule has 0 spiro atoms. The van der Waals surface area contributed by atoms with Gasteiger partial charge in [-0.1, -0.05) is 18.9 Å². The fourth-order valence-corrected chi connectivity index (χ4v) is 5.90. The summed E-state index contributed by atoms with van der Waals surface area (Å²) in [4.78, 5) is 2.63. The molecule has 4 aliphatic heterocycles. The van der Waals surface area contributed by atoms with Gasteiger partial charge in [-0.25, -0.2) is 0 Å². The molecule has 5 heteroatoms. The van der Waals surface area contributed by atoms with Crippen LogP contribution in [0.1, 0.15) is 54.0 Å². The Hall–Kier alpha value is -2.82. The number of hydrogen-bond acceptors (Lipinski definition) is 5. The van der Waals surface area contributed by atoms with Crippen LogP contribution in [0.5, 0.6) is 23.0 Å². The number of hydrogen-bond donors (Lipinski definition) is 0. The minimum atomic E-state index is 0.317. The van der Waals surface area contributed by atoms with Gasteiger partial charge in [-0.3, -0.25) is 0 Å². The second-order valence-electron chi connectivity index (χ2n) is 8.63. The van der Waals surface area contributed by atoms with Crippen LogP contribution in [0.3, 0.4) is 0 Å². The molecule has 29 heavy (non-hydrogen) atoms. The van der Waals surface area contributed by atoms with E-state index in [-0.39, 0.29) is 0 Å². The van der Waals surface area contributed by atoms with Crippen LogP contribution in [0, 0.1) is 5.92 Å². The standard InChI is InChI=1S/C24H23NO4/c1-2-4-14(3-1)23-22-16(5-6-19-24(22)29-13-26-19)9-18-17-11-21-20(27-12-28-21)10-15(17)7-8-25(18)23/h5-6,9-11,14,23H,1-4,7-8,12-13H2. The lowest BCUT2D eigenvalue weighted by atomic mass is 9.80. The number of benzene rings is 2. The molecule has 1 saturated carbocycles. The Morgan fingerprint density at radius 3 is 2.55 bits per heavy atom. The molecule has 148 valence electrons. The van der Waals surface area contributed by atoms with E-state index < -0.39 is 0 Å². The van der Waals surface area contributed by atoms with Gasteiger partial charge in [0, 0.05) is 23.4 Å². The van der Waals surface area contributed by atoms with Crippen LogP contribution >= 0.6 is 0 Å². The van der Waals surface area contributed by atoms with E-state index in [0.29, 0.717) is 25.5 Å². The predicted molar refractivity (Wildman–Crippen MR) is 108 cm³/mol. The first-order chi connectivity index (χ1) is 14.4. The van der Waals surface area contributed by atoms with Gasteiger partial charge in [0.1, 0.15) is 0 Å². The van der Waals surface area contributed by atoms with Crippen molar-refractivity contribution < 1.29 is 18.9 Å². The van der Waals surface area contributed by atoms with Crippen molar-refractivity contribution in [2.24, 2.45) is 5.92 Å². The second-order valence-corrected chi connectivity index (χ2v) is 8.63. The third-order valence-corrected chi connectivity index (χ3v) is 7.19. The summed E-state index contributed by atoms with van der Waals surface area (Å²) in [7, 11) is 0. The van der Waals surface area contributed by atoms with Crippen LogP contribution in [-0.4, -0.2) is 25.0 Å². The zero-order chi connectivity index (χ0) is 18.9. The molecule has 5 aliphatic rings. The minimum absolute atomic E-state index is 0.317. The molecule has 0 aromatic heterocycles. The number of nitrogens with zero attached hydrogens (tertiary/aromatic N) is 1. The van der Waals surface area contributed by atoms with Crippen LogP contribution < -0.4 is 18.9 Å². The van der Waals surface area contributed by atoms with Crippen LogP contribution in [-0.2, 0) is 6.42 Å². The maximum atomic E-state index is 5.98. The van der Waals surface area contributed by atoms with Gasteiger partial charge < -0.3 is 23.8 Å². The first-order valence-corrected chi connectivity index (χ1v) is 10.7. The fraction of sp³-hybridized carbons (Fsp3) is 0.417. The van der Waals surface area contributed by atoms with Gasteiger partial charge in [-0.15, -0.1) is 0 Å². The van der Waals surface area contributed by atoms with Gasteiger partial charge in [0.25, 0.3) is 0 Å². The third-order valence-electron chi connectivity index (χ3n) is 7.19. The fourth-order valence-electron chi connectivity index (χ4n) is 5.90. The minimum Gasteiger partial charge on any atom is -0.454 e. The topological polar surface area (TPSA) is 40.2 Å². The zero-order valence-corrected chi connectivity index (χ0v) is 16.3. The average Bonchev–Trinajstić information content (AvgIpc) is 3.51. The molecule has 1 fully saturated rings. The summed E-state index contributed by atoms with van der Waals surface area (Å²) in [6, 6.07) is 8.97. The Bertz CT molecular complexity index is 1050. The number of ether oxygens (including phenoxy) is 4. The van der Waals surface area contributed by atoms with Crippen molar-refractivity contribution in [1.29, 1.82) is 0 Å². The molecular weight excluding hydrogens is 366 g/mol. The van der Waals surface area contributed by atoms with Gasteiger partial charge in [0.2, 0.25) is 13.6 Å². The highest BCUT2D eigenvalue weighted by atomic mass is 16.7. The molecule has 4 heterocycles. The summed E-state index contributed by atoms with van der Waals surface area (Å²) in [5, 5.41) is 0. The quantitative estimate of drug-likeness (QED) is 0.704. The molecule has 0 saturated heterocycles. The lowest BCUT2D eigenvalue weighted by Crippen LogP contribution is -2.38. The van der Waals surface area contributed by atoms with E-state index in [2.05, 4.69) is 35.2 Å². The maximum absolute atomic E-state index is 5.98. The summed E-state index contributed by atoms with van der Waals surface area (Å²) in [6.45, 7) is 1.66. The highest BCUT2D eigenvalue weighted by Gasteiger charge is 2.42. The van der Waals surface area contributed by atoms with Crippen molar-refractivity contribution in [1.82, 2.24) is 4.90 Å². The summed E-state index contributed by atoms with van der Waals surface area (Å²) in [5.74, 6) is 4.25. The molecule has 7 rings (SSSR count). The van der Waals surface area contributed by atoms with Gasteiger partial charge >= 0.3 is 0 Å². The Morgan fingerprint density at radius 1 is 0.862 bits per heavy atom. The first-order valence-electron chi connectivity index (χ1n) is 10.7. The molecule has 2 aromatic carbocycles. The molecule has 1 atom stereocenters. The Kier molecular flexibility index (Phi) is 3.23. The lowest BCUT2D eigenvalue weighted by Gasteiger charge is -2.45. The van der Waals surface area contributed by atoms with Gasteiger partial charge in [-0.2, -0.15) is 0 Å². The molecule has 0 N–H and O–H groups in total. The smallest absolute Gasteiger partial charge is 0.231 e. The van der Waals surface area contributed by atoms with E-state index in [0.717, 1.165) is 36.0 Å². The molecule has 5 nitrogen and oxygen atoms in total. The highest BCUT2D eigenvalue weighted by Crippen LogP contribution is 2.55. The predicted octanol–water partition coefficient (Wildman–Crippen LogP) is 4.75. The second kappa shape index (κ2) is 5.85. The van der Waals surface area contributed by atoms with Crippen LogP contribution in [0.2, 0.25) is 0 Å². The van der Waals surface area contributed by atoms with Gasteiger partial charge in [0.15, 0.2) is 23.0 Å². The molecule has 2 aromatic rings. The summed E-state index contributed by atoms with van der Waals surface area (Å²) >= 11 is 0. The van der Waals surface area contributed by atoms with Crippen molar-refractivity contribution in [3.63, 3.8) is 0 Å². The highest BCUT2D eigenvalue weighted by molar-refractivity contribution is 5.88. The largest absolute Gasteiger partial charge is 0.454 e. The van der Waals surface area contributed by atoms with Crippen molar-refractivity contribution in [2.45, 2.75) is 38.1 Å². The van der Waals surface area contributed by atoms with Crippen LogP contribution in [0.15, 0.2) is 24.3 Å². The van der Waals surface area contributed by atoms with E-state index in [9.17, 15) is 0 Å². The Morgan fingerprint density at radius 2 is 1.66 bits per heavy atom. The van der Waals surface area contributed by atoms with E-state index in [1.54, 1.807) is 0 Å². The molecule has 0 amide bonds. The SMILES string of the molecule is C1=C2c3cc4c(cc3CCN2C(C2CCCC2)c2c1ccc1c2OCO1)OCO4.